The fourth-order valence-electron chi connectivity index (χ4n) is 1.54. The molecule has 0 saturated carbocycles. The fraction of sp³-hybridized carbons (Fsp3) is 0.333. The van der Waals surface area contributed by atoms with Gasteiger partial charge in [0.1, 0.15) is 11.6 Å². The lowest BCUT2D eigenvalue weighted by Gasteiger charge is -2.17. The Balaban J connectivity index is 3.09. The molecule has 1 rings (SSSR count). The van der Waals surface area contributed by atoms with Crippen LogP contribution in [0.2, 0.25) is 0 Å². The highest BCUT2D eigenvalue weighted by atomic mass is 19.1. The first-order valence-corrected chi connectivity index (χ1v) is 4.96. The van der Waals surface area contributed by atoms with Crippen molar-refractivity contribution in [3.63, 3.8) is 0 Å². The number of nitrogens with one attached hydrogen (secondary N) is 1. The molecule has 1 aromatic carbocycles. The van der Waals surface area contributed by atoms with E-state index in [4.69, 9.17) is 12.3 Å². The number of terminal acetylenes is 1. The van der Waals surface area contributed by atoms with Crippen LogP contribution in [-0.4, -0.2) is 0 Å². The molecule has 0 amide bonds. The number of aryl methyl sites for hydroxylation is 1. The Kier molecular flexibility index (Phi) is 4.41. The number of hydrogen-bond donors (Lipinski definition) is 2. The van der Waals surface area contributed by atoms with Crippen LogP contribution in [-0.2, 0) is 0 Å². The topological polar surface area (TPSA) is 38.0 Å². The smallest absolute Gasteiger partial charge is 0.133 e. The summed E-state index contributed by atoms with van der Waals surface area (Å²) in [6.45, 7) is 1.58. The standard InChI is InChI=1S/C12H14F2N2/c1-3-4-5-10(16-15)11-9(13)7-6-8(2)12(11)14/h1,6-7,10,16H,4-5,15H2,2H3. The first kappa shape index (κ1) is 12.6. The van der Waals surface area contributed by atoms with Crippen molar-refractivity contribution in [3.05, 3.63) is 34.9 Å². The van der Waals surface area contributed by atoms with Crippen LogP contribution in [0.5, 0.6) is 0 Å². The van der Waals surface area contributed by atoms with Crippen LogP contribution >= 0.6 is 0 Å². The number of rotatable bonds is 4. The van der Waals surface area contributed by atoms with E-state index in [0.717, 1.165) is 0 Å². The van der Waals surface area contributed by atoms with Crippen LogP contribution in [0.25, 0.3) is 0 Å². The van der Waals surface area contributed by atoms with Crippen LogP contribution in [0, 0.1) is 30.9 Å². The molecule has 0 aliphatic heterocycles. The molecular formula is C12H14F2N2. The maximum atomic E-state index is 13.7. The fourth-order valence-corrected chi connectivity index (χ4v) is 1.54. The minimum atomic E-state index is -0.608. The molecule has 1 unspecified atom stereocenters. The highest BCUT2D eigenvalue weighted by molar-refractivity contribution is 5.29. The Labute approximate surface area is 93.8 Å². The minimum Gasteiger partial charge on any atom is -0.271 e. The average molecular weight is 224 g/mol. The van der Waals surface area contributed by atoms with Crippen molar-refractivity contribution >= 4 is 0 Å². The van der Waals surface area contributed by atoms with Gasteiger partial charge in [0.2, 0.25) is 0 Å². The zero-order valence-electron chi connectivity index (χ0n) is 9.06. The molecule has 1 atom stereocenters. The van der Waals surface area contributed by atoms with Crippen molar-refractivity contribution in [2.24, 2.45) is 5.84 Å². The van der Waals surface area contributed by atoms with Gasteiger partial charge in [0.15, 0.2) is 0 Å². The van der Waals surface area contributed by atoms with E-state index < -0.39 is 17.7 Å². The summed E-state index contributed by atoms with van der Waals surface area (Å²) in [7, 11) is 0. The molecular weight excluding hydrogens is 210 g/mol. The molecule has 0 bridgehead atoms. The second-order valence-corrected chi connectivity index (χ2v) is 3.55. The third-order valence-electron chi connectivity index (χ3n) is 2.45. The molecule has 0 fully saturated rings. The van der Waals surface area contributed by atoms with Gasteiger partial charge in [-0.3, -0.25) is 11.3 Å². The van der Waals surface area contributed by atoms with Crippen molar-refractivity contribution in [1.29, 1.82) is 0 Å². The number of hydrazine groups is 1. The lowest BCUT2D eigenvalue weighted by molar-refractivity contribution is 0.456. The molecule has 0 aliphatic rings. The average Bonchev–Trinajstić information content (AvgIpc) is 2.28. The summed E-state index contributed by atoms with van der Waals surface area (Å²) < 4.78 is 27.2. The Bertz CT molecular complexity index is 410. The summed E-state index contributed by atoms with van der Waals surface area (Å²) in [4.78, 5) is 0. The summed E-state index contributed by atoms with van der Waals surface area (Å²) >= 11 is 0. The minimum absolute atomic E-state index is 0.0437. The zero-order valence-corrected chi connectivity index (χ0v) is 9.06. The maximum absolute atomic E-state index is 13.7. The molecule has 0 saturated heterocycles. The number of nitrogens with two attached hydrogens (primary N) is 1. The summed E-state index contributed by atoms with van der Waals surface area (Å²) in [6.07, 6.45) is 5.91. The van der Waals surface area contributed by atoms with Crippen LogP contribution in [0.1, 0.15) is 30.0 Å². The SMILES string of the molecule is C#CCCC(NN)c1c(F)ccc(C)c1F. The summed E-state index contributed by atoms with van der Waals surface area (Å²) in [5.41, 5.74) is 2.73. The quantitative estimate of drug-likeness (QED) is 0.467. The van der Waals surface area contributed by atoms with Crippen molar-refractivity contribution in [2.45, 2.75) is 25.8 Å². The van der Waals surface area contributed by atoms with Crippen molar-refractivity contribution in [1.82, 2.24) is 5.43 Å². The Hall–Kier alpha value is -1.44. The third-order valence-corrected chi connectivity index (χ3v) is 2.45. The van der Waals surface area contributed by atoms with Crippen molar-refractivity contribution in [3.8, 4) is 12.3 Å². The second kappa shape index (κ2) is 5.59. The normalized spacial score (nSPS) is 12.2. The monoisotopic (exact) mass is 224 g/mol. The molecule has 0 radical (unpaired) electrons. The third kappa shape index (κ3) is 2.57. The predicted octanol–water partition coefficient (Wildman–Crippen LogP) is 2.19. The lowest BCUT2D eigenvalue weighted by Crippen LogP contribution is -2.29. The molecule has 0 aromatic heterocycles. The number of hydrogen-bond acceptors (Lipinski definition) is 2. The van der Waals surface area contributed by atoms with Gasteiger partial charge in [-0.05, 0) is 25.0 Å². The number of benzene rings is 1. The molecule has 0 aliphatic carbocycles. The largest absolute Gasteiger partial charge is 0.271 e. The van der Waals surface area contributed by atoms with Gasteiger partial charge in [-0.25, -0.2) is 8.78 Å². The summed E-state index contributed by atoms with van der Waals surface area (Å²) in [6, 6.07) is 2.02. The van der Waals surface area contributed by atoms with Gasteiger partial charge in [-0.15, -0.1) is 12.3 Å². The second-order valence-electron chi connectivity index (χ2n) is 3.55. The summed E-state index contributed by atoms with van der Waals surface area (Å²) in [5, 5.41) is 0. The highest BCUT2D eigenvalue weighted by Gasteiger charge is 2.19. The number of halogens is 2. The van der Waals surface area contributed by atoms with Gasteiger partial charge in [-0.2, -0.15) is 0 Å². The van der Waals surface area contributed by atoms with Gasteiger partial charge < -0.3 is 0 Å². The van der Waals surface area contributed by atoms with Crippen LogP contribution in [0.4, 0.5) is 8.78 Å². The van der Waals surface area contributed by atoms with Gasteiger partial charge in [0.05, 0.1) is 6.04 Å². The van der Waals surface area contributed by atoms with E-state index >= 15 is 0 Å². The first-order chi connectivity index (χ1) is 7.61. The van der Waals surface area contributed by atoms with Gasteiger partial charge in [0.25, 0.3) is 0 Å². The molecule has 2 nitrogen and oxygen atoms in total. The lowest BCUT2D eigenvalue weighted by atomic mass is 9.99. The zero-order chi connectivity index (χ0) is 12.1. The highest BCUT2D eigenvalue weighted by Crippen LogP contribution is 2.25. The Morgan fingerprint density at radius 1 is 1.50 bits per heavy atom. The van der Waals surface area contributed by atoms with Gasteiger partial charge in [0, 0.05) is 12.0 Å². The van der Waals surface area contributed by atoms with Crippen LogP contribution in [0.15, 0.2) is 12.1 Å². The predicted molar refractivity (Wildman–Crippen MR) is 59.2 cm³/mol. The van der Waals surface area contributed by atoms with E-state index in [0.29, 0.717) is 18.4 Å². The van der Waals surface area contributed by atoms with E-state index in [-0.39, 0.29) is 5.56 Å². The molecule has 1 aromatic rings. The molecule has 16 heavy (non-hydrogen) atoms. The molecule has 3 N–H and O–H groups in total. The van der Waals surface area contributed by atoms with Crippen LogP contribution in [0.3, 0.4) is 0 Å². The van der Waals surface area contributed by atoms with Crippen molar-refractivity contribution in [2.75, 3.05) is 0 Å². The van der Waals surface area contributed by atoms with Gasteiger partial charge >= 0.3 is 0 Å². The van der Waals surface area contributed by atoms with Crippen LogP contribution < -0.4 is 11.3 Å². The van der Waals surface area contributed by atoms with Gasteiger partial charge in [-0.1, -0.05) is 6.07 Å². The van der Waals surface area contributed by atoms with E-state index in [2.05, 4.69) is 11.3 Å². The molecule has 0 heterocycles. The molecule has 4 heteroatoms. The van der Waals surface area contributed by atoms with E-state index in [1.165, 1.54) is 12.1 Å². The van der Waals surface area contributed by atoms with E-state index in [1.807, 2.05) is 0 Å². The Morgan fingerprint density at radius 3 is 2.75 bits per heavy atom. The maximum Gasteiger partial charge on any atom is 0.133 e. The summed E-state index contributed by atoms with van der Waals surface area (Å²) in [5.74, 6) is 6.52. The first-order valence-electron chi connectivity index (χ1n) is 4.96. The molecule has 86 valence electrons. The van der Waals surface area contributed by atoms with Crippen molar-refractivity contribution < 1.29 is 8.78 Å². The van der Waals surface area contributed by atoms with E-state index in [9.17, 15) is 8.78 Å². The Morgan fingerprint density at radius 2 is 2.19 bits per heavy atom. The van der Waals surface area contributed by atoms with E-state index in [1.54, 1.807) is 6.92 Å². The molecule has 0 spiro atoms.